The lowest BCUT2D eigenvalue weighted by atomic mass is 10.2. The van der Waals surface area contributed by atoms with Crippen molar-refractivity contribution >= 4 is 22.7 Å². The average Bonchev–Trinajstić information content (AvgIpc) is 2.66. The molecule has 0 N–H and O–H groups in total. The summed E-state index contributed by atoms with van der Waals surface area (Å²) in [6.45, 7) is 0.299. The first-order chi connectivity index (χ1) is 12.7. The van der Waals surface area contributed by atoms with Gasteiger partial charge in [-0.05, 0) is 48.0 Å². The van der Waals surface area contributed by atoms with Gasteiger partial charge >= 0.3 is 0 Å². The summed E-state index contributed by atoms with van der Waals surface area (Å²) in [5.74, 6) is -0.306. The van der Waals surface area contributed by atoms with Gasteiger partial charge in [-0.3, -0.25) is 4.98 Å². The van der Waals surface area contributed by atoms with Crippen LogP contribution in [-0.2, 0) is 6.54 Å². The first-order valence-corrected chi connectivity index (χ1v) is 8.04. The van der Waals surface area contributed by atoms with Crippen molar-refractivity contribution in [1.82, 2.24) is 15.0 Å². The van der Waals surface area contributed by atoms with Crippen molar-refractivity contribution in [2.45, 2.75) is 6.54 Å². The highest BCUT2D eigenvalue weighted by Crippen LogP contribution is 2.26. The van der Waals surface area contributed by atoms with E-state index in [1.165, 1.54) is 24.3 Å². The number of benzene rings is 2. The van der Waals surface area contributed by atoms with Gasteiger partial charge in [0.2, 0.25) is 5.95 Å². The fourth-order valence-electron chi connectivity index (χ4n) is 2.73. The van der Waals surface area contributed by atoms with E-state index in [1.807, 2.05) is 6.07 Å². The summed E-state index contributed by atoms with van der Waals surface area (Å²) in [4.78, 5) is 14.9. The van der Waals surface area contributed by atoms with E-state index in [0.29, 0.717) is 29.2 Å². The number of anilines is 2. The SMILES string of the molecule is Fc1cccc(CN(c2cccc(F)c2)c2ncc3ncccc3n2)c1. The normalized spacial score (nSPS) is 10.8. The molecule has 2 aromatic carbocycles. The maximum atomic E-state index is 13.8. The molecule has 2 aromatic heterocycles. The number of hydrogen-bond acceptors (Lipinski definition) is 4. The largest absolute Gasteiger partial charge is 0.306 e. The molecular weight excluding hydrogens is 334 g/mol. The quantitative estimate of drug-likeness (QED) is 0.539. The van der Waals surface area contributed by atoms with Crippen molar-refractivity contribution in [3.8, 4) is 0 Å². The van der Waals surface area contributed by atoms with Crippen LogP contribution < -0.4 is 4.90 Å². The molecule has 0 aliphatic carbocycles. The van der Waals surface area contributed by atoms with Gasteiger partial charge in [-0.25, -0.2) is 18.7 Å². The number of pyridine rings is 1. The zero-order chi connectivity index (χ0) is 17.9. The number of aromatic nitrogens is 3. The van der Waals surface area contributed by atoms with Gasteiger partial charge in [0.25, 0.3) is 0 Å². The lowest BCUT2D eigenvalue weighted by Gasteiger charge is -2.23. The van der Waals surface area contributed by atoms with Gasteiger partial charge in [-0.15, -0.1) is 0 Å². The summed E-state index contributed by atoms with van der Waals surface area (Å²) in [5.41, 5.74) is 2.65. The standard InChI is InChI=1S/C20H14F2N4/c21-15-5-1-4-14(10-15)13-26(17-7-2-6-16(22)11-17)20-24-12-19-18(25-20)8-3-9-23-19/h1-12H,13H2. The Morgan fingerprint density at radius 1 is 0.808 bits per heavy atom. The molecule has 0 saturated carbocycles. The van der Waals surface area contributed by atoms with E-state index < -0.39 is 0 Å². The Morgan fingerprint density at radius 2 is 1.62 bits per heavy atom. The molecule has 2 heterocycles. The van der Waals surface area contributed by atoms with Gasteiger partial charge in [0.15, 0.2) is 0 Å². The molecule has 0 fully saturated rings. The summed E-state index contributed by atoms with van der Waals surface area (Å²) in [5, 5.41) is 0. The van der Waals surface area contributed by atoms with Gasteiger partial charge in [0, 0.05) is 11.9 Å². The van der Waals surface area contributed by atoms with Gasteiger partial charge in [-0.2, -0.15) is 0 Å². The Hall–Kier alpha value is -3.41. The highest BCUT2D eigenvalue weighted by Gasteiger charge is 2.15. The molecule has 4 rings (SSSR count). The maximum Gasteiger partial charge on any atom is 0.230 e. The first kappa shape index (κ1) is 16.1. The lowest BCUT2D eigenvalue weighted by molar-refractivity contribution is 0.624. The molecule has 0 unspecified atom stereocenters. The molecule has 0 aliphatic rings. The Bertz CT molecular complexity index is 1070. The second-order valence-corrected chi connectivity index (χ2v) is 5.77. The number of rotatable bonds is 4. The molecule has 0 saturated heterocycles. The zero-order valence-corrected chi connectivity index (χ0v) is 13.7. The molecule has 0 amide bonds. The molecule has 0 atom stereocenters. The van der Waals surface area contributed by atoms with Crippen LogP contribution in [0.4, 0.5) is 20.4 Å². The van der Waals surface area contributed by atoms with Gasteiger partial charge in [-0.1, -0.05) is 18.2 Å². The Balaban J connectivity index is 1.80. The fraction of sp³-hybridized carbons (Fsp3) is 0.0500. The van der Waals surface area contributed by atoms with Gasteiger partial charge < -0.3 is 4.90 Å². The highest BCUT2D eigenvalue weighted by molar-refractivity contribution is 5.75. The fourth-order valence-corrected chi connectivity index (χ4v) is 2.73. The van der Waals surface area contributed by atoms with Crippen molar-refractivity contribution in [3.05, 3.63) is 90.3 Å². The molecule has 6 heteroatoms. The van der Waals surface area contributed by atoms with E-state index >= 15 is 0 Å². The van der Waals surface area contributed by atoms with Crippen LogP contribution in [0.1, 0.15) is 5.56 Å². The zero-order valence-electron chi connectivity index (χ0n) is 13.7. The predicted molar refractivity (Wildman–Crippen MR) is 96.0 cm³/mol. The number of nitrogens with zero attached hydrogens (tertiary/aromatic N) is 4. The third-order valence-corrected chi connectivity index (χ3v) is 3.93. The lowest BCUT2D eigenvalue weighted by Crippen LogP contribution is -2.19. The van der Waals surface area contributed by atoms with Crippen LogP contribution in [0.25, 0.3) is 11.0 Å². The van der Waals surface area contributed by atoms with Crippen LogP contribution in [0.5, 0.6) is 0 Å². The highest BCUT2D eigenvalue weighted by atomic mass is 19.1. The topological polar surface area (TPSA) is 41.9 Å². The molecule has 26 heavy (non-hydrogen) atoms. The minimum atomic E-state index is -0.366. The third-order valence-electron chi connectivity index (χ3n) is 3.93. The Morgan fingerprint density at radius 3 is 2.42 bits per heavy atom. The Labute approximate surface area is 148 Å². The minimum absolute atomic E-state index is 0.299. The summed E-state index contributed by atoms with van der Waals surface area (Å²) in [7, 11) is 0. The maximum absolute atomic E-state index is 13.8. The van der Waals surface area contributed by atoms with Crippen molar-refractivity contribution in [2.24, 2.45) is 0 Å². The van der Waals surface area contributed by atoms with Crippen molar-refractivity contribution in [1.29, 1.82) is 0 Å². The molecule has 4 aromatic rings. The molecule has 4 nitrogen and oxygen atoms in total. The Kier molecular flexibility index (Phi) is 4.23. The predicted octanol–water partition coefficient (Wildman–Crippen LogP) is 4.64. The van der Waals surface area contributed by atoms with Crippen LogP contribution in [0.3, 0.4) is 0 Å². The number of halogens is 2. The average molecular weight is 348 g/mol. The van der Waals surface area contributed by atoms with Crippen molar-refractivity contribution < 1.29 is 8.78 Å². The van der Waals surface area contributed by atoms with Crippen LogP contribution in [0.15, 0.2) is 73.1 Å². The van der Waals surface area contributed by atoms with Crippen molar-refractivity contribution in [3.63, 3.8) is 0 Å². The van der Waals surface area contributed by atoms with E-state index in [9.17, 15) is 8.78 Å². The first-order valence-electron chi connectivity index (χ1n) is 8.04. The minimum Gasteiger partial charge on any atom is -0.306 e. The summed E-state index contributed by atoms with van der Waals surface area (Å²) >= 11 is 0. The van der Waals surface area contributed by atoms with E-state index in [1.54, 1.807) is 47.6 Å². The summed E-state index contributed by atoms with van der Waals surface area (Å²) < 4.78 is 27.3. The molecule has 0 bridgehead atoms. The van der Waals surface area contributed by atoms with Crippen LogP contribution in [0, 0.1) is 11.6 Å². The van der Waals surface area contributed by atoms with E-state index in [0.717, 1.165) is 5.56 Å². The molecule has 0 spiro atoms. The van der Waals surface area contributed by atoms with Crippen LogP contribution >= 0.6 is 0 Å². The summed E-state index contributed by atoms with van der Waals surface area (Å²) in [6.07, 6.45) is 3.29. The van der Waals surface area contributed by atoms with Gasteiger partial charge in [0.1, 0.15) is 17.2 Å². The second-order valence-electron chi connectivity index (χ2n) is 5.77. The molecule has 0 radical (unpaired) electrons. The van der Waals surface area contributed by atoms with E-state index in [2.05, 4.69) is 15.0 Å². The molecular formula is C20H14F2N4. The number of hydrogen-bond donors (Lipinski definition) is 0. The monoisotopic (exact) mass is 348 g/mol. The smallest absolute Gasteiger partial charge is 0.230 e. The van der Waals surface area contributed by atoms with Gasteiger partial charge in [0.05, 0.1) is 18.3 Å². The third kappa shape index (κ3) is 3.35. The second kappa shape index (κ2) is 6.84. The van der Waals surface area contributed by atoms with E-state index in [-0.39, 0.29) is 11.6 Å². The van der Waals surface area contributed by atoms with Crippen LogP contribution in [-0.4, -0.2) is 15.0 Å². The molecule has 0 aliphatic heterocycles. The van der Waals surface area contributed by atoms with E-state index in [4.69, 9.17) is 0 Å². The van der Waals surface area contributed by atoms with Crippen LogP contribution in [0.2, 0.25) is 0 Å². The molecule has 128 valence electrons. The summed E-state index contributed by atoms with van der Waals surface area (Å²) in [6, 6.07) is 16.0. The number of fused-ring (bicyclic) bond motifs is 1. The van der Waals surface area contributed by atoms with Crippen molar-refractivity contribution in [2.75, 3.05) is 4.90 Å².